The number of hydrogen-bond acceptors (Lipinski definition) is 2. The fourth-order valence-electron chi connectivity index (χ4n) is 7.88. The van der Waals surface area contributed by atoms with Crippen molar-refractivity contribution in [2.75, 3.05) is 19.0 Å². The van der Waals surface area contributed by atoms with Crippen molar-refractivity contribution >= 4 is 21.7 Å². The summed E-state index contributed by atoms with van der Waals surface area (Å²) in [5.74, 6) is 2.65. The van der Waals surface area contributed by atoms with E-state index in [9.17, 15) is 4.79 Å². The smallest absolute Gasteiger partial charge is 0.147 e. The number of alkyl halides is 2. The van der Waals surface area contributed by atoms with Gasteiger partial charge < -0.3 is 4.74 Å². The van der Waals surface area contributed by atoms with E-state index in [0.717, 1.165) is 58.0 Å². The number of halogens is 2. The normalized spacial score (nSPS) is 50.6. The number of carbonyl (C=O) groups excluding carboxylic acids is 1. The van der Waals surface area contributed by atoms with Crippen LogP contribution in [0, 0.1) is 40.9 Å². The van der Waals surface area contributed by atoms with Gasteiger partial charge in [0.2, 0.25) is 0 Å². The maximum absolute atomic E-state index is 16.4. The van der Waals surface area contributed by atoms with E-state index < -0.39 is 5.67 Å². The van der Waals surface area contributed by atoms with E-state index >= 15 is 4.39 Å². The molecule has 0 radical (unpaired) electrons. The second-order valence-corrected chi connectivity index (χ2v) is 10.5. The molecule has 0 saturated heterocycles. The van der Waals surface area contributed by atoms with Crippen LogP contribution < -0.4 is 0 Å². The van der Waals surface area contributed by atoms with Crippen molar-refractivity contribution in [2.24, 2.45) is 40.9 Å². The Morgan fingerprint density at radius 3 is 2.65 bits per heavy atom. The lowest BCUT2D eigenvalue weighted by Gasteiger charge is -2.58. The van der Waals surface area contributed by atoms with Gasteiger partial charge in [0.05, 0.1) is 5.33 Å². The molecule has 2 nitrogen and oxygen atoms in total. The van der Waals surface area contributed by atoms with Crippen LogP contribution in [0.5, 0.6) is 0 Å². The quantitative estimate of drug-likeness (QED) is 0.546. The molecule has 148 valence electrons. The highest BCUT2D eigenvalue weighted by molar-refractivity contribution is 9.09. The zero-order valence-electron chi connectivity index (χ0n) is 16.3. The Hall–Kier alpha value is 0.0400. The first-order valence-electron chi connectivity index (χ1n) is 10.7. The summed E-state index contributed by atoms with van der Waals surface area (Å²) in [6, 6.07) is 0. The zero-order chi connectivity index (χ0) is 18.5. The maximum Gasteiger partial charge on any atom is 0.147 e. The molecule has 4 fully saturated rings. The molecular formula is C22H34BrFO2. The number of ether oxygens (including phenoxy) is 1. The number of rotatable bonds is 4. The van der Waals surface area contributed by atoms with Crippen LogP contribution in [-0.2, 0) is 9.53 Å². The Morgan fingerprint density at radius 1 is 1.12 bits per heavy atom. The van der Waals surface area contributed by atoms with Gasteiger partial charge in [-0.25, -0.2) is 4.39 Å². The molecule has 0 aliphatic heterocycles. The molecule has 0 aromatic rings. The highest BCUT2D eigenvalue weighted by Crippen LogP contribution is 2.66. The topological polar surface area (TPSA) is 26.3 Å². The zero-order valence-corrected chi connectivity index (χ0v) is 17.9. The minimum atomic E-state index is -0.952. The Bertz CT molecular complexity index is 554. The van der Waals surface area contributed by atoms with E-state index in [1.807, 2.05) is 0 Å². The molecule has 4 heteroatoms. The van der Waals surface area contributed by atoms with E-state index in [2.05, 4.69) is 22.9 Å². The third-order valence-electron chi connectivity index (χ3n) is 9.06. The Balaban J connectivity index is 1.54. The van der Waals surface area contributed by atoms with Crippen LogP contribution in [0.4, 0.5) is 4.39 Å². The molecule has 4 aliphatic rings. The third kappa shape index (κ3) is 2.84. The average Bonchev–Trinajstić information content (AvgIpc) is 2.99. The predicted octanol–water partition coefficient (Wildman–Crippen LogP) is 5.57. The predicted molar refractivity (Wildman–Crippen MR) is 105 cm³/mol. The second-order valence-electron chi connectivity index (χ2n) is 9.95. The lowest BCUT2D eigenvalue weighted by molar-refractivity contribution is -0.147. The van der Waals surface area contributed by atoms with Crippen molar-refractivity contribution < 1.29 is 13.9 Å². The van der Waals surface area contributed by atoms with E-state index in [-0.39, 0.29) is 23.2 Å². The monoisotopic (exact) mass is 428 g/mol. The highest BCUT2D eigenvalue weighted by atomic mass is 79.9. The van der Waals surface area contributed by atoms with Crippen LogP contribution in [0.25, 0.3) is 0 Å². The summed E-state index contributed by atoms with van der Waals surface area (Å²) in [7, 11) is 1.76. The number of Topliss-reactive ketones (excluding diaryl/α,β-unsaturated/α-hetero) is 1. The van der Waals surface area contributed by atoms with Crippen molar-refractivity contribution in [2.45, 2.75) is 70.4 Å². The lowest BCUT2D eigenvalue weighted by atomic mass is 9.48. The first kappa shape index (κ1) is 19.4. The number of carbonyl (C=O) groups is 1. The molecule has 0 bridgehead atoms. The van der Waals surface area contributed by atoms with Crippen molar-refractivity contribution in [3.05, 3.63) is 0 Å². The molecule has 0 N–H and O–H groups in total. The van der Waals surface area contributed by atoms with Gasteiger partial charge in [-0.2, -0.15) is 0 Å². The minimum Gasteiger partial charge on any atom is -0.384 e. The highest BCUT2D eigenvalue weighted by Gasteiger charge is 2.62. The van der Waals surface area contributed by atoms with Gasteiger partial charge in [-0.3, -0.25) is 4.79 Å². The Kier molecular flexibility index (Phi) is 5.31. The van der Waals surface area contributed by atoms with Gasteiger partial charge in [0, 0.05) is 19.6 Å². The third-order valence-corrected chi connectivity index (χ3v) is 9.61. The van der Waals surface area contributed by atoms with Crippen LogP contribution in [0.3, 0.4) is 0 Å². The van der Waals surface area contributed by atoms with Gasteiger partial charge in [-0.1, -0.05) is 22.9 Å². The molecular weight excluding hydrogens is 395 g/mol. The van der Waals surface area contributed by atoms with Gasteiger partial charge in [-0.05, 0) is 92.8 Å². The minimum absolute atomic E-state index is 0.114. The van der Waals surface area contributed by atoms with E-state index in [1.54, 1.807) is 7.11 Å². The SMILES string of the molecule is COC[C@H]1CC[C@]2(F)C3CC[C@@]4(C)C(CC[C@@H]4C(=O)CBr)[C@@H]3CC[C@@H]2C1. The van der Waals surface area contributed by atoms with E-state index in [4.69, 9.17) is 4.74 Å². The Labute approximate surface area is 166 Å². The molecule has 4 saturated carbocycles. The molecule has 4 rings (SSSR count). The first-order chi connectivity index (χ1) is 12.4. The standard InChI is InChI=1S/C22H34BrFO2/c1-21-9-8-18-16(17(21)5-6-19(21)20(25)12-23)4-3-15-11-14(13-26-2)7-10-22(15,18)24/h14-19H,3-13H2,1-2H3/t14-,15+,16-,17?,18?,19+,21-,22+/m0/s1. The van der Waals surface area contributed by atoms with Crippen LogP contribution in [0.1, 0.15) is 64.7 Å². The number of methoxy groups -OCH3 is 1. The lowest BCUT2D eigenvalue weighted by Crippen LogP contribution is -2.57. The van der Waals surface area contributed by atoms with Crippen LogP contribution in [0.15, 0.2) is 0 Å². The maximum atomic E-state index is 16.4. The average molecular weight is 429 g/mol. The van der Waals surface area contributed by atoms with Gasteiger partial charge in [0.25, 0.3) is 0 Å². The van der Waals surface area contributed by atoms with Crippen LogP contribution in [-0.4, -0.2) is 30.5 Å². The van der Waals surface area contributed by atoms with Gasteiger partial charge in [-0.15, -0.1) is 0 Å². The van der Waals surface area contributed by atoms with E-state index in [1.165, 1.54) is 6.42 Å². The fourth-order valence-corrected chi connectivity index (χ4v) is 8.27. The van der Waals surface area contributed by atoms with Crippen molar-refractivity contribution in [3.63, 3.8) is 0 Å². The largest absolute Gasteiger partial charge is 0.384 e. The molecule has 0 heterocycles. The van der Waals surface area contributed by atoms with Gasteiger partial charge in [0.1, 0.15) is 11.5 Å². The van der Waals surface area contributed by atoms with Gasteiger partial charge >= 0.3 is 0 Å². The summed E-state index contributed by atoms with van der Waals surface area (Å²) in [6.45, 7) is 3.14. The molecule has 26 heavy (non-hydrogen) atoms. The van der Waals surface area contributed by atoms with Crippen LogP contribution in [0.2, 0.25) is 0 Å². The summed E-state index contributed by atoms with van der Waals surface area (Å²) in [6.07, 6.45) is 9.14. The van der Waals surface area contributed by atoms with E-state index in [0.29, 0.717) is 28.9 Å². The first-order valence-corrected chi connectivity index (χ1v) is 11.8. The number of fused-ring (bicyclic) bond motifs is 5. The molecule has 4 aliphatic carbocycles. The molecule has 0 spiro atoms. The second kappa shape index (κ2) is 7.13. The van der Waals surface area contributed by atoms with Gasteiger partial charge in [0.15, 0.2) is 0 Å². The summed E-state index contributed by atoms with van der Waals surface area (Å²) < 4.78 is 21.7. The fraction of sp³-hybridized carbons (Fsp3) is 0.955. The molecule has 0 aromatic heterocycles. The molecule has 8 atom stereocenters. The molecule has 0 aromatic carbocycles. The van der Waals surface area contributed by atoms with Crippen molar-refractivity contribution in [1.82, 2.24) is 0 Å². The summed E-state index contributed by atoms with van der Waals surface area (Å²) >= 11 is 3.39. The summed E-state index contributed by atoms with van der Waals surface area (Å²) in [4.78, 5) is 12.5. The number of hydrogen-bond donors (Lipinski definition) is 0. The van der Waals surface area contributed by atoms with Crippen LogP contribution >= 0.6 is 15.9 Å². The van der Waals surface area contributed by atoms with Crippen molar-refractivity contribution in [3.8, 4) is 0 Å². The molecule has 2 unspecified atom stereocenters. The summed E-state index contributed by atoms with van der Waals surface area (Å²) in [5.41, 5.74) is -0.839. The summed E-state index contributed by atoms with van der Waals surface area (Å²) in [5, 5.41) is 0.476. The molecule has 0 amide bonds. The van der Waals surface area contributed by atoms with Crippen molar-refractivity contribution in [1.29, 1.82) is 0 Å². The Morgan fingerprint density at radius 2 is 1.92 bits per heavy atom. The number of ketones is 1.